The molecule has 0 radical (unpaired) electrons. The number of hydrogen-bond donors (Lipinski definition) is 3. The van der Waals surface area contributed by atoms with Crippen molar-refractivity contribution in [3.63, 3.8) is 0 Å². The molecule has 0 aliphatic carbocycles. The number of H-pyrrole nitrogens is 1. The molecule has 0 spiro atoms. The predicted molar refractivity (Wildman–Crippen MR) is 72.5 cm³/mol. The molecule has 0 saturated carbocycles. The number of rotatable bonds is 2. The average Bonchev–Trinajstić information content (AvgIpc) is 2.84. The van der Waals surface area contributed by atoms with Gasteiger partial charge in [-0.2, -0.15) is 0 Å². The van der Waals surface area contributed by atoms with Crippen molar-refractivity contribution in [3.8, 4) is 0 Å². The molecule has 0 fully saturated rings. The topological polar surface area (TPSA) is 103 Å². The second-order valence-corrected chi connectivity index (χ2v) is 4.57. The van der Waals surface area contributed by atoms with E-state index >= 15 is 0 Å². The van der Waals surface area contributed by atoms with Gasteiger partial charge in [0.05, 0.1) is 16.6 Å². The van der Waals surface area contributed by atoms with E-state index in [1.807, 2.05) is 0 Å². The Labute approximate surface area is 116 Å². The Hall–Kier alpha value is -2.60. The van der Waals surface area contributed by atoms with Crippen LogP contribution in [0, 0.1) is 0 Å². The van der Waals surface area contributed by atoms with Crippen molar-refractivity contribution in [2.24, 2.45) is 0 Å². The lowest BCUT2D eigenvalue weighted by molar-refractivity contribution is 0.0683. The van der Waals surface area contributed by atoms with E-state index in [9.17, 15) is 9.59 Å². The van der Waals surface area contributed by atoms with Crippen molar-refractivity contribution in [3.05, 3.63) is 40.7 Å². The lowest BCUT2D eigenvalue weighted by atomic mass is 10.1. The van der Waals surface area contributed by atoms with Crippen molar-refractivity contribution in [1.82, 2.24) is 9.97 Å². The highest BCUT2D eigenvalue weighted by Crippen LogP contribution is 2.30. The number of pyridine rings is 1. The molecule has 0 unspecified atom stereocenters. The van der Waals surface area contributed by atoms with Crippen LogP contribution in [-0.2, 0) is 0 Å². The van der Waals surface area contributed by atoms with Gasteiger partial charge in [0.25, 0.3) is 0 Å². The fourth-order valence-electron chi connectivity index (χ4n) is 2.08. The quantitative estimate of drug-likeness (QED) is 0.630. The molecule has 0 atom stereocenters. The molecule has 0 saturated heterocycles. The van der Waals surface area contributed by atoms with Crippen LogP contribution < -0.4 is 0 Å². The highest BCUT2D eigenvalue weighted by atomic mass is 35.5. The molecule has 0 aliphatic rings. The summed E-state index contributed by atoms with van der Waals surface area (Å²) in [6, 6.07) is 5.80. The first-order chi connectivity index (χ1) is 9.47. The number of halogens is 1. The first-order valence-electron chi connectivity index (χ1n) is 5.56. The zero-order valence-corrected chi connectivity index (χ0v) is 10.6. The van der Waals surface area contributed by atoms with Gasteiger partial charge in [0, 0.05) is 10.8 Å². The number of fused-ring (bicyclic) bond motifs is 3. The fourth-order valence-corrected chi connectivity index (χ4v) is 2.32. The Bertz CT molecular complexity index is 885. The second kappa shape index (κ2) is 4.21. The summed E-state index contributed by atoms with van der Waals surface area (Å²) in [6.45, 7) is 0. The molecule has 3 N–H and O–H groups in total. The maximum atomic E-state index is 11.0. The monoisotopic (exact) mass is 290 g/mol. The Kier molecular flexibility index (Phi) is 2.62. The van der Waals surface area contributed by atoms with E-state index in [0.29, 0.717) is 21.8 Å². The number of aromatic carboxylic acids is 2. The molecule has 6 nitrogen and oxygen atoms in total. The van der Waals surface area contributed by atoms with E-state index in [-0.39, 0.29) is 16.4 Å². The number of aromatic amines is 1. The van der Waals surface area contributed by atoms with Gasteiger partial charge in [0.15, 0.2) is 0 Å². The number of nitrogens with zero attached hydrogens (tertiary/aromatic N) is 1. The summed E-state index contributed by atoms with van der Waals surface area (Å²) in [7, 11) is 0. The zero-order valence-electron chi connectivity index (χ0n) is 9.85. The summed E-state index contributed by atoms with van der Waals surface area (Å²) in [6.07, 6.45) is 0. The van der Waals surface area contributed by atoms with Crippen LogP contribution in [0.5, 0.6) is 0 Å². The number of carboxylic acid groups (broad SMARTS) is 2. The number of hydrogen-bond acceptors (Lipinski definition) is 3. The first-order valence-corrected chi connectivity index (χ1v) is 5.94. The Morgan fingerprint density at radius 1 is 1.10 bits per heavy atom. The predicted octanol–water partition coefficient (Wildman–Crippen LogP) is 2.77. The number of carboxylic acids is 2. The lowest BCUT2D eigenvalue weighted by Gasteiger charge is -2.02. The Balaban J connectivity index is 2.40. The number of carbonyl (C=O) groups is 2. The normalized spacial score (nSPS) is 11.1. The van der Waals surface area contributed by atoms with E-state index in [0.717, 1.165) is 0 Å². The molecular formula is C13H7ClN2O4. The second-order valence-electron chi connectivity index (χ2n) is 4.22. The largest absolute Gasteiger partial charge is 0.478 e. The molecule has 3 rings (SSSR count). The van der Waals surface area contributed by atoms with Crippen LogP contribution in [0.25, 0.3) is 21.8 Å². The Morgan fingerprint density at radius 2 is 1.85 bits per heavy atom. The average molecular weight is 291 g/mol. The molecule has 0 aliphatic heterocycles. The minimum Gasteiger partial charge on any atom is -0.478 e. The third-order valence-corrected chi connectivity index (χ3v) is 3.29. The molecule has 0 bridgehead atoms. The van der Waals surface area contributed by atoms with Crippen LogP contribution in [0.2, 0.25) is 5.15 Å². The first kappa shape index (κ1) is 12.4. The summed E-state index contributed by atoms with van der Waals surface area (Å²) < 4.78 is 0. The number of nitrogens with one attached hydrogen (secondary N) is 1. The zero-order chi connectivity index (χ0) is 14.4. The summed E-state index contributed by atoms with van der Waals surface area (Å²) >= 11 is 6.01. The van der Waals surface area contributed by atoms with Gasteiger partial charge in [-0.1, -0.05) is 11.6 Å². The molecule has 2 aromatic heterocycles. The van der Waals surface area contributed by atoms with Gasteiger partial charge in [-0.15, -0.1) is 0 Å². The van der Waals surface area contributed by atoms with Crippen LogP contribution in [-0.4, -0.2) is 32.1 Å². The van der Waals surface area contributed by atoms with E-state index in [2.05, 4.69) is 9.97 Å². The smallest absolute Gasteiger partial charge is 0.352 e. The van der Waals surface area contributed by atoms with Gasteiger partial charge in [-0.05, 0) is 24.3 Å². The van der Waals surface area contributed by atoms with E-state index in [1.165, 1.54) is 18.2 Å². The molecular weight excluding hydrogens is 284 g/mol. The number of benzene rings is 1. The van der Waals surface area contributed by atoms with Crippen LogP contribution in [0.4, 0.5) is 0 Å². The fraction of sp³-hybridized carbons (Fsp3) is 0. The van der Waals surface area contributed by atoms with Gasteiger partial charge in [0.2, 0.25) is 0 Å². The van der Waals surface area contributed by atoms with Crippen molar-refractivity contribution < 1.29 is 19.8 Å². The van der Waals surface area contributed by atoms with Crippen LogP contribution in [0.3, 0.4) is 0 Å². The maximum absolute atomic E-state index is 11.0. The highest BCUT2D eigenvalue weighted by Gasteiger charge is 2.15. The minimum atomic E-state index is -1.10. The van der Waals surface area contributed by atoms with Crippen LogP contribution in [0.1, 0.15) is 20.8 Å². The van der Waals surface area contributed by atoms with Gasteiger partial charge < -0.3 is 15.2 Å². The highest BCUT2D eigenvalue weighted by molar-refractivity contribution is 6.35. The van der Waals surface area contributed by atoms with Gasteiger partial charge in [-0.25, -0.2) is 14.6 Å². The van der Waals surface area contributed by atoms with E-state index in [4.69, 9.17) is 21.8 Å². The van der Waals surface area contributed by atoms with Crippen molar-refractivity contribution >= 4 is 45.3 Å². The number of aromatic nitrogens is 2. The molecule has 20 heavy (non-hydrogen) atoms. The molecule has 7 heteroatoms. The maximum Gasteiger partial charge on any atom is 0.352 e. The van der Waals surface area contributed by atoms with Crippen LogP contribution >= 0.6 is 11.6 Å². The Morgan fingerprint density at radius 3 is 2.50 bits per heavy atom. The summed E-state index contributed by atoms with van der Waals surface area (Å²) in [5, 5.41) is 19.2. The van der Waals surface area contributed by atoms with Crippen LogP contribution in [0.15, 0.2) is 24.3 Å². The van der Waals surface area contributed by atoms with Gasteiger partial charge >= 0.3 is 11.9 Å². The van der Waals surface area contributed by atoms with Crippen molar-refractivity contribution in [2.45, 2.75) is 0 Å². The van der Waals surface area contributed by atoms with E-state index < -0.39 is 11.9 Å². The molecule has 1 aromatic carbocycles. The van der Waals surface area contributed by atoms with Gasteiger partial charge in [0.1, 0.15) is 10.8 Å². The van der Waals surface area contributed by atoms with Crippen molar-refractivity contribution in [1.29, 1.82) is 0 Å². The minimum absolute atomic E-state index is 0.00138. The SMILES string of the molecule is O=C(O)c1ccc2c(c1)nc(Cl)c1cc(C(=O)O)[nH]c12. The summed E-state index contributed by atoms with van der Waals surface area (Å²) in [5.41, 5.74) is 1.000. The molecule has 100 valence electrons. The lowest BCUT2D eigenvalue weighted by Crippen LogP contribution is -1.96. The van der Waals surface area contributed by atoms with E-state index in [1.54, 1.807) is 6.07 Å². The summed E-state index contributed by atoms with van der Waals surface area (Å²) in [5.74, 6) is -2.17. The third-order valence-electron chi connectivity index (χ3n) is 3.00. The molecule has 2 heterocycles. The van der Waals surface area contributed by atoms with Crippen molar-refractivity contribution in [2.75, 3.05) is 0 Å². The molecule has 0 amide bonds. The standard InChI is InChI=1S/C13H7ClN2O4/c14-11-7-4-9(13(19)20)15-10(7)6-2-1-5(12(17)18)3-8(6)16-11/h1-4,15H,(H,17,18)(H,19,20). The summed E-state index contributed by atoms with van der Waals surface area (Å²) in [4.78, 5) is 28.8. The molecule has 3 aromatic rings. The van der Waals surface area contributed by atoms with Gasteiger partial charge in [-0.3, -0.25) is 0 Å². The third kappa shape index (κ3) is 1.78.